The summed E-state index contributed by atoms with van der Waals surface area (Å²) in [6.45, 7) is 1.77. The average Bonchev–Trinajstić information content (AvgIpc) is 2.43. The highest BCUT2D eigenvalue weighted by atomic mass is 19.1. The zero-order chi connectivity index (χ0) is 14.7. The predicted octanol–water partition coefficient (Wildman–Crippen LogP) is 3.85. The smallest absolute Gasteiger partial charge is 0.165 e. The Kier molecular flexibility index (Phi) is 4.08. The van der Waals surface area contributed by atoms with Gasteiger partial charge in [-0.3, -0.25) is 0 Å². The van der Waals surface area contributed by atoms with Crippen LogP contribution in [0.25, 0.3) is 0 Å². The summed E-state index contributed by atoms with van der Waals surface area (Å²) in [6, 6.07) is 7.72. The van der Waals surface area contributed by atoms with Gasteiger partial charge in [-0.05, 0) is 37.3 Å². The van der Waals surface area contributed by atoms with Gasteiger partial charge in [0.15, 0.2) is 11.6 Å². The summed E-state index contributed by atoms with van der Waals surface area (Å²) < 4.78 is 31.4. The molecule has 1 unspecified atom stereocenters. The second-order valence-corrected chi connectivity index (χ2v) is 4.42. The molecule has 0 fully saturated rings. The molecular formula is C15H15F2NO2. The maximum atomic E-state index is 13.3. The van der Waals surface area contributed by atoms with Crippen LogP contribution in [0.5, 0.6) is 11.5 Å². The predicted molar refractivity (Wildman–Crippen MR) is 73.1 cm³/mol. The lowest BCUT2D eigenvalue weighted by Gasteiger charge is -2.17. The van der Waals surface area contributed by atoms with E-state index in [0.29, 0.717) is 11.3 Å². The zero-order valence-corrected chi connectivity index (χ0v) is 11.2. The van der Waals surface area contributed by atoms with E-state index in [4.69, 9.17) is 4.74 Å². The first-order valence-electron chi connectivity index (χ1n) is 6.09. The summed E-state index contributed by atoms with van der Waals surface area (Å²) in [4.78, 5) is 0. The van der Waals surface area contributed by atoms with Gasteiger partial charge in [-0.15, -0.1) is 0 Å². The van der Waals surface area contributed by atoms with Crippen molar-refractivity contribution in [2.24, 2.45) is 0 Å². The van der Waals surface area contributed by atoms with Crippen LogP contribution in [0.15, 0.2) is 36.4 Å². The quantitative estimate of drug-likeness (QED) is 0.893. The van der Waals surface area contributed by atoms with E-state index in [0.717, 1.165) is 0 Å². The number of rotatable bonds is 4. The molecule has 0 spiro atoms. The van der Waals surface area contributed by atoms with E-state index in [1.165, 1.54) is 37.4 Å². The Morgan fingerprint density at radius 2 is 1.90 bits per heavy atom. The number of aromatic hydroxyl groups is 1. The van der Waals surface area contributed by atoms with Gasteiger partial charge in [0.1, 0.15) is 11.6 Å². The number of benzene rings is 2. The molecule has 0 amide bonds. The van der Waals surface area contributed by atoms with Gasteiger partial charge in [0.25, 0.3) is 0 Å². The molecule has 2 N–H and O–H groups in total. The summed E-state index contributed by atoms with van der Waals surface area (Å²) in [5.41, 5.74) is 1.03. The molecule has 2 aromatic rings. The molecule has 0 bridgehead atoms. The van der Waals surface area contributed by atoms with Gasteiger partial charge in [0, 0.05) is 17.3 Å². The number of nitrogens with one attached hydrogen (secondary N) is 1. The Morgan fingerprint density at radius 1 is 1.15 bits per heavy atom. The van der Waals surface area contributed by atoms with Crippen LogP contribution in [0.4, 0.5) is 14.5 Å². The fraction of sp³-hybridized carbons (Fsp3) is 0.200. The third-order valence-electron chi connectivity index (χ3n) is 2.99. The molecule has 3 nitrogen and oxygen atoms in total. The van der Waals surface area contributed by atoms with Crippen LogP contribution in [0.1, 0.15) is 18.5 Å². The largest absolute Gasteiger partial charge is 0.508 e. The Hall–Kier alpha value is -2.30. The van der Waals surface area contributed by atoms with Crippen LogP contribution >= 0.6 is 0 Å². The van der Waals surface area contributed by atoms with Crippen molar-refractivity contribution in [1.29, 1.82) is 0 Å². The zero-order valence-electron chi connectivity index (χ0n) is 11.2. The Balaban J connectivity index is 2.23. The fourth-order valence-electron chi connectivity index (χ4n) is 1.95. The molecule has 0 aromatic heterocycles. The number of hydrogen-bond donors (Lipinski definition) is 2. The molecule has 0 heterocycles. The fourth-order valence-corrected chi connectivity index (χ4v) is 1.95. The van der Waals surface area contributed by atoms with Gasteiger partial charge in [-0.2, -0.15) is 0 Å². The van der Waals surface area contributed by atoms with Crippen LogP contribution in [0.3, 0.4) is 0 Å². The van der Waals surface area contributed by atoms with E-state index in [1.54, 1.807) is 13.0 Å². The van der Waals surface area contributed by atoms with Crippen molar-refractivity contribution in [2.75, 3.05) is 12.4 Å². The Morgan fingerprint density at radius 3 is 2.60 bits per heavy atom. The number of anilines is 1. The summed E-state index contributed by atoms with van der Waals surface area (Å²) >= 11 is 0. The van der Waals surface area contributed by atoms with Crippen molar-refractivity contribution in [3.05, 3.63) is 53.6 Å². The summed E-state index contributed by atoms with van der Waals surface area (Å²) in [5.74, 6) is -0.770. The molecular weight excluding hydrogens is 264 g/mol. The van der Waals surface area contributed by atoms with E-state index in [-0.39, 0.29) is 17.5 Å². The van der Waals surface area contributed by atoms with E-state index in [2.05, 4.69) is 5.32 Å². The highest BCUT2D eigenvalue weighted by molar-refractivity contribution is 5.51. The standard InChI is InChI=1S/C15H15F2NO2/c1-9(12-7-10(16)3-6-14(12)19)18-11-4-5-13(17)15(8-11)20-2/h3-9,18-19H,1-2H3. The highest BCUT2D eigenvalue weighted by Gasteiger charge is 2.12. The third kappa shape index (κ3) is 2.99. The van der Waals surface area contributed by atoms with Crippen molar-refractivity contribution in [2.45, 2.75) is 13.0 Å². The van der Waals surface area contributed by atoms with Crippen molar-refractivity contribution in [1.82, 2.24) is 0 Å². The van der Waals surface area contributed by atoms with Crippen molar-refractivity contribution < 1.29 is 18.6 Å². The Bertz CT molecular complexity index is 617. The molecule has 0 aliphatic rings. The molecule has 0 saturated heterocycles. The maximum absolute atomic E-state index is 13.3. The first-order chi connectivity index (χ1) is 9.51. The Labute approximate surface area is 115 Å². The normalized spacial score (nSPS) is 12.0. The maximum Gasteiger partial charge on any atom is 0.165 e. The number of methoxy groups -OCH3 is 1. The SMILES string of the molecule is COc1cc(NC(C)c2cc(F)ccc2O)ccc1F. The van der Waals surface area contributed by atoms with Gasteiger partial charge < -0.3 is 15.2 Å². The topological polar surface area (TPSA) is 41.5 Å². The lowest BCUT2D eigenvalue weighted by molar-refractivity contribution is 0.386. The first kappa shape index (κ1) is 14.1. The first-order valence-corrected chi connectivity index (χ1v) is 6.09. The number of phenolic OH excluding ortho intramolecular Hbond substituents is 1. The molecule has 2 aromatic carbocycles. The second-order valence-electron chi connectivity index (χ2n) is 4.42. The molecule has 0 radical (unpaired) electrons. The summed E-state index contributed by atoms with van der Waals surface area (Å²) in [6.07, 6.45) is 0. The van der Waals surface area contributed by atoms with Crippen LogP contribution in [-0.4, -0.2) is 12.2 Å². The molecule has 0 aliphatic carbocycles. The van der Waals surface area contributed by atoms with E-state index in [9.17, 15) is 13.9 Å². The monoisotopic (exact) mass is 279 g/mol. The number of halogens is 2. The van der Waals surface area contributed by atoms with Crippen LogP contribution in [0.2, 0.25) is 0 Å². The van der Waals surface area contributed by atoms with Gasteiger partial charge in [0.05, 0.1) is 13.2 Å². The summed E-state index contributed by atoms with van der Waals surface area (Å²) in [7, 11) is 1.38. The number of hydrogen-bond acceptors (Lipinski definition) is 3. The molecule has 0 saturated carbocycles. The lowest BCUT2D eigenvalue weighted by Crippen LogP contribution is -2.07. The van der Waals surface area contributed by atoms with Crippen LogP contribution < -0.4 is 10.1 Å². The molecule has 5 heteroatoms. The third-order valence-corrected chi connectivity index (χ3v) is 2.99. The highest BCUT2D eigenvalue weighted by Crippen LogP contribution is 2.29. The van der Waals surface area contributed by atoms with Crippen molar-refractivity contribution >= 4 is 5.69 Å². The molecule has 2 rings (SSSR count). The molecule has 1 atom stereocenters. The molecule has 0 aliphatic heterocycles. The average molecular weight is 279 g/mol. The molecule has 20 heavy (non-hydrogen) atoms. The van der Waals surface area contributed by atoms with Crippen molar-refractivity contribution in [3.8, 4) is 11.5 Å². The van der Waals surface area contributed by atoms with Crippen LogP contribution in [0, 0.1) is 11.6 Å². The van der Waals surface area contributed by atoms with Crippen LogP contribution in [-0.2, 0) is 0 Å². The molecule has 106 valence electrons. The summed E-state index contributed by atoms with van der Waals surface area (Å²) in [5, 5.41) is 12.8. The minimum Gasteiger partial charge on any atom is -0.508 e. The van der Waals surface area contributed by atoms with Gasteiger partial charge in [-0.25, -0.2) is 8.78 Å². The minimum atomic E-state index is -0.459. The van der Waals surface area contributed by atoms with E-state index in [1.807, 2.05) is 0 Å². The number of ether oxygens (including phenoxy) is 1. The van der Waals surface area contributed by atoms with Gasteiger partial charge in [0.2, 0.25) is 0 Å². The number of phenols is 1. The van der Waals surface area contributed by atoms with E-state index < -0.39 is 11.6 Å². The minimum absolute atomic E-state index is 0.000441. The van der Waals surface area contributed by atoms with E-state index >= 15 is 0 Å². The van der Waals surface area contributed by atoms with Gasteiger partial charge >= 0.3 is 0 Å². The lowest BCUT2D eigenvalue weighted by atomic mass is 10.1. The van der Waals surface area contributed by atoms with Crippen molar-refractivity contribution in [3.63, 3.8) is 0 Å². The van der Waals surface area contributed by atoms with Gasteiger partial charge in [-0.1, -0.05) is 0 Å². The second kappa shape index (κ2) is 5.77.